The molecular formula is C19H34N4O3S. The summed E-state index contributed by atoms with van der Waals surface area (Å²) >= 11 is 0. The normalized spacial score (nSPS) is 21.9. The van der Waals surface area contributed by atoms with Crippen LogP contribution < -0.4 is 0 Å². The van der Waals surface area contributed by atoms with Gasteiger partial charge in [-0.25, -0.2) is 13.4 Å². The zero-order valence-electron chi connectivity index (χ0n) is 16.9. The molecule has 2 aliphatic rings. The van der Waals surface area contributed by atoms with Crippen molar-refractivity contribution in [2.75, 3.05) is 45.6 Å². The predicted octanol–water partition coefficient (Wildman–Crippen LogP) is 1.63. The third-order valence-corrected chi connectivity index (χ3v) is 7.38. The first kappa shape index (κ1) is 20.8. The second-order valence-electron chi connectivity index (χ2n) is 8.25. The number of hydrogen-bond acceptors (Lipinski definition) is 6. The summed E-state index contributed by atoms with van der Waals surface area (Å²) < 4.78 is 32.7. The van der Waals surface area contributed by atoms with E-state index in [-0.39, 0.29) is 10.9 Å². The van der Waals surface area contributed by atoms with Crippen molar-refractivity contribution < 1.29 is 13.2 Å². The lowest BCUT2D eigenvalue weighted by Crippen LogP contribution is -2.49. The molecule has 1 atom stereocenters. The van der Waals surface area contributed by atoms with Crippen LogP contribution in [-0.4, -0.2) is 79.5 Å². The molecule has 3 rings (SSSR count). The van der Waals surface area contributed by atoms with Crippen molar-refractivity contribution >= 4 is 9.84 Å². The van der Waals surface area contributed by atoms with Gasteiger partial charge in [-0.3, -0.25) is 9.80 Å². The fourth-order valence-electron chi connectivity index (χ4n) is 4.10. The van der Waals surface area contributed by atoms with E-state index in [0.29, 0.717) is 31.5 Å². The second-order valence-corrected chi connectivity index (χ2v) is 10.2. The van der Waals surface area contributed by atoms with Gasteiger partial charge in [0.2, 0.25) is 15.0 Å². The molecule has 0 N–H and O–H groups in total. The standard InChI is InChI=1S/C19H34N4O3S/c1-16(2)6-12-27(24,25)19-20-13-18(23(19)10-11-26-3)15-21-8-9-22-7-4-5-17(22)14-21/h13,16-17H,4-12,14-15H2,1-3H3. The summed E-state index contributed by atoms with van der Waals surface area (Å²) in [6, 6.07) is 0.656. The Kier molecular flexibility index (Phi) is 6.94. The lowest BCUT2D eigenvalue weighted by Gasteiger charge is -2.37. The van der Waals surface area contributed by atoms with Gasteiger partial charge in [0.05, 0.1) is 24.3 Å². The van der Waals surface area contributed by atoms with Crippen molar-refractivity contribution in [1.82, 2.24) is 19.4 Å². The molecule has 0 bridgehead atoms. The highest BCUT2D eigenvalue weighted by Crippen LogP contribution is 2.23. The van der Waals surface area contributed by atoms with Crippen LogP contribution in [0.15, 0.2) is 11.4 Å². The molecule has 0 saturated carbocycles. The van der Waals surface area contributed by atoms with Gasteiger partial charge in [-0.15, -0.1) is 0 Å². The monoisotopic (exact) mass is 398 g/mol. The van der Waals surface area contributed by atoms with Gasteiger partial charge in [0.1, 0.15) is 0 Å². The van der Waals surface area contributed by atoms with E-state index in [0.717, 1.165) is 31.9 Å². The largest absolute Gasteiger partial charge is 0.383 e. The topological polar surface area (TPSA) is 67.7 Å². The lowest BCUT2D eigenvalue weighted by atomic mass is 10.1. The van der Waals surface area contributed by atoms with Crippen molar-refractivity contribution in [3.05, 3.63) is 11.9 Å². The highest BCUT2D eigenvalue weighted by atomic mass is 32.2. The van der Waals surface area contributed by atoms with E-state index < -0.39 is 9.84 Å². The molecule has 2 aliphatic heterocycles. The summed E-state index contributed by atoms with van der Waals surface area (Å²) in [6.45, 7) is 10.3. The Labute approximate surface area is 163 Å². The van der Waals surface area contributed by atoms with Crippen molar-refractivity contribution in [3.63, 3.8) is 0 Å². The number of hydrogen-bond donors (Lipinski definition) is 0. The number of imidazole rings is 1. The van der Waals surface area contributed by atoms with E-state index in [1.807, 2.05) is 18.4 Å². The van der Waals surface area contributed by atoms with Crippen molar-refractivity contribution in [2.45, 2.75) is 57.4 Å². The van der Waals surface area contributed by atoms with Crippen LogP contribution in [0.5, 0.6) is 0 Å². The summed E-state index contributed by atoms with van der Waals surface area (Å²) in [6.07, 6.45) is 4.97. The minimum atomic E-state index is -3.38. The average Bonchev–Trinajstić information content (AvgIpc) is 3.25. The van der Waals surface area contributed by atoms with E-state index in [4.69, 9.17) is 4.74 Å². The molecule has 0 aliphatic carbocycles. The molecule has 27 heavy (non-hydrogen) atoms. The van der Waals surface area contributed by atoms with Gasteiger partial charge in [0.15, 0.2) is 0 Å². The van der Waals surface area contributed by atoms with Crippen molar-refractivity contribution in [3.8, 4) is 0 Å². The van der Waals surface area contributed by atoms with Gasteiger partial charge in [-0.1, -0.05) is 13.8 Å². The summed E-state index contributed by atoms with van der Waals surface area (Å²) in [5.41, 5.74) is 0.974. The predicted molar refractivity (Wildman–Crippen MR) is 105 cm³/mol. The molecule has 3 heterocycles. The maximum Gasteiger partial charge on any atom is 0.227 e. The van der Waals surface area contributed by atoms with Crippen LogP contribution in [0, 0.1) is 5.92 Å². The van der Waals surface area contributed by atoms with Crippen molar-refractivity contribution in [2.24, 2.45) is 5.92 Å². The Hall–Kier alpha value is -0.960. The lowest BCUT2D eigenvalue weighted by molar-refractivity contribution is 0.0967. The Balaban J connectivity index is 1.75. The van der Waals surface area contributed by atoms with E-state index in [1.54, 1.807) is 13.3 Å². The summed E-state index contributed by atoms with van der Waals surface area (Å²) in [5, 5.41) is 0.203. The van der Waals surface area contributed by atoms with E-state index >= 15 is 0 Å². The molecule has 0 spiro atoms. The first-order valence-corrected chi connectivity index (χ1v) is 11.8. The van der Waals surface area contributed by atoms with Crippen LogP contribution in [0.2, 0.25) is 0 Å². The Morgan fingerprint density at radius 3 is 2.85 bits per heavy atom. The molecule has 1 aromatic rings. The SMILES string of the molecule is COCCn1c(CN2CCN3CCCC3C2)cnc1S(=O)(=O)CCC(C)C. The van der Waals surface area contributed by atoms with Gasteiger partial charge < -0.3 is 9.30 Å². The highest BCUT2D eigenvalue weighted by Gasteiger charge is 2.31. The fourth-order valence-corrected chi connectivity index (χ4v) is 5.82. The first-order valence-electron chi connectivity index (χ1n) is 10.1. The molecule has 2 saturated heterocycles. The smallest absolute Gasteiger partial charge is 0.227 e. The third-order valence-electron chi connectivity index (χ3n) is 5.72. The fraction of sp³-hybridized carbons (Fsp3) is 0.842. The number of fused-ring (bicyclic) bond motifs is 1. The number of aromatic nitrogens is 2. The molecule has 0 amide bonds. The first-order chi connectivity index (χ1) is 12.9. The molecule has 7 nitrogen and oxygen atoms in total. The molecule has 1 aromatic heterocycles. The molecule has 1 unspecified atom stereocenters. The van der Waals surface area contributed by atoms with E-state index in [9.17, 15) is 8.42 Å². The number of methoxy groups -OCH3 is 1. The highest BCUT2D eigenvalue weighted by molar-refractivity contribution is 7.91. The minimum Gasteiger partial charge on any atom is -0.383 e. The maximum atomic E-state index is 12.8. The summed E-state index contributed by atoms with van der Waals surface area (Å²) in [4.78, 5) is 9.36. The molecule has 0 aromatic carbocycles. The van der Waals surface area contributed by atoms with Gasteiger partial charge in [0.25, 0.3) is 0 Å². The van der Waals surface area contributed by atoms with Crippen LogP contribution in [0.1, 0.15) is 38.8 Å². The maximum absolute atomic E-state index is 12.8. The van der Waals surface area contributed by atoms with Crippen LogP contribution in [0.25, 0.3) is 0 Å². The summed E-state index contributed by atoms with van der Waals surface area (Å²) in [7, 11) is -1.74. The number of nitrogens with zero attached hydrogens (tertiary/aromatic N) is 4. The zero-order valence-corrected chi connectivity index (χ0v) is 17.7. The molecule has 8 heteroatoms. The van der Waals surface area contributed by atoms with Crippen LogP contribution in [0.4, 0.5) is 0 Å². The third kappa shape index (κ3) is 5.10. The van der Waals surface area contributed by atoms with Crippen LogP contribution in [-0.2, 0) is 27.7 Å². The van der Waals surface area contributed by atoms with Gasteiger partial charge in [-0.05, 0) is 31.7 Å². The summed E-state index contributed by atoms with van der Waals surface area (Å²) in [5.74, 6) is 0.499. The van der Waals surface area contributed by atoms with Crippen LogP contribution in [0.3, 0.4) is 0 Å². The Morgan fingerprint density at radius 1 is 1.30 bits per heavy atom. The van der Waals surface area contributed by atoms with Crippen molar-refractivity contribution in [1.29, 1.82) is 0 Å². The Morgan fingerprint density at radius 2 is 2.11 bits per heavy atom. The van der Waals surface area contributed by atoms with Gasteiger partial charge in [-0.2, -0.15) is 0 Å². The minimum absolute atomic E-state index is 0.148. The number of sulfone groups is 1. The van der Waals surface area contributed by atoms with Crippen LogP contribution >= 0.6 is 0 Å². The number of rotatable bonds is 9. The molecule has 154 valence electrons. The van der Waals surface area contributed by atoms with E-state index in [1.165, 1.54) is 19.4 Å². The second kappa shape index (κ2) is 9.03. The molecule has 0 radical (unpaired) electrons. The molecule has 2 fully saturated rings. The Bertz CT molecular complexity index is 717. The molecular weight excluding hydrogens is 364 g/mol. The van der Waals surface area contributed by atoms with Gasteiger partial charge in [0, 0.05) is 45.9 Å². The average molecular weight is 399 g/mol. The quantitative estimate of drug-likeness (QED) is 0.630. The zero-order chi connectivity index (χ0) is 19.4. The van der Waals surface area contributed by atoms with E-state index in [2.05, 4.69) is 14.8 Å². The van der Waals surface area contributed by atoms with Gasteiger partial charge >= 0.3 is 0 Å². The number of ether oxygens (including phenoxy) is 1. The number of piperazine rings is 1.